The Morgan fingerprint density at radius 2 is 0.958 bits per heavy atom. The lowest BCUT2D eigenvalue weighted by Crippen LogP contribution is -2.16. The van der Waals surface area contributed by atoms with Crippen LogP contribution < -0.4 is 5.32 Å². The first-order valence-corrected chi connectivity index (χ1v) is 16.0. The molecule has 18 nitrogen and oxygen atoms in total. The Kier molecular flexibility index (Phi) is 27.9. The van der Waals surface area contributed by atoms with E-state index in [0.717, 1.165) is 12.5 Å². The monoisotopic (exact) mass is 693 g/mol. The zero-order valence-corrected chi connectivity index (χ0v) is 27.8. The van der Waals surface area contributed by atoms with E-state index in [9.17, 15) is 25.0 Å². The van der Waals surface area contributed by atoms with Crippen molar-refractivity contribution in [2.75, 3.05) is 137 Å². The van der Waals surface area contributed by atoms with Crippen molar-refractivity contribution in [3.63, 3.8) is 0 Å². The Hall–Kier alpha value is -3.07. The summed E-state index contributed by atoms with van der Waals surface area (Å²) in [5.74, 6) is -0.202. The second-order valence-corrected chi connectivity index (χ2v) is 9.62. The molecule has 0 aliphatic carbocycles. The molecule has 0 saturated heterocycles. The SMILES string of the molecule is CCCC(=O)OCCOCCOCCOCCOCCOCCOCCOCCOCCOCCNc1ccc([N+](=O)[O-])cc1[N+](=O)[O-]. The number of nitrogens with one attached hydrogen (secondary N) is 1. The van der Waals surface area contributed by atoms with Gasteiger partial charge in [-0.05, 0) is 12.5 Å². The Labute approximate surface area is 280 Å². The fraction of sp³-hybridized carbons (Fsp3) is 0.767. The van der Waals surface area contributed by atoms with Gasteiger partial charge in [0.05, 0.1) is 135 Å². The molecule has 0 heterocycles. The number of anilines is 1. The van der Waals surface area contributed by atoms with E-state index in [2.05, 4.69) is 5.32 Å². The largest absolute Gasteiger partial charge is 0.463 e. The maximum absolute atomic E-state index is 11.2. The van der Waals surface area contributed by atoms with Gasteiger partial charge in [0.25, 0.3) is 11.4 Å². The number of esters is 1. The number of carbonyl (C=O) groups is 1. The number of nitrogens with zero attached hydrogens (tertiary/aromatic N) is 2. The molecule has 48 heavy (non-hydrogen) atoms. The molecule has 0 aliphatic heterocycles. The fourth-order valence-electron chi connectivity index (χ4n) is 3.54. The first kappa shape index (κ1) is 43.0. The van der Waals surface area contributed by atoms with Crippen molar-refractivity contribution in [2.45, 2.75) is 19.8 Å². The van der Waals surface area contributed by atoms with Crippen molar-refractivity contribution in [1.29, 1.82) is 0 Å². The van der Waals surface area contributed by atoms with Crippen LogP contribution in [0.4, 0.5) is 17.1 Å². The number of hydrogen-bond acceptors (Lipinski definition) is 16. The third-order valence-corrected chi connectivity index (χ3v) is 5.87. The summed E-state index contributed by atoms with van der Waals surface area (Å²) in [6, 6.07) is 3.42. The normalized spacial score (nSPS) is 11.1. The summed E-state index contributed by atoms with van der Waals surface area (Å²) >= 11 is 0. The van der Waals surface area contributed by atoms with Crippen molar-refractivity contribution in [3.8, 4) is 0 Å². The number of nitro benzene ring substituents is 2. The first-order valence-electron chi connectivity index (χ1n) is 16.0. The second-order valence-electron chi connectivity index (χ2n) is 9.62. The first-order chi connectivity index (χ1) is 23.5. The van der Waals surface area contributed by atoms with Crippen LogP contribution in [0, 0.1) is 20.2 Å². The molecule has 1 rings (SSSR count). The lowest BCUT2D eigenvalue weighted by molar-refractivity contribution is -0.393. The summed E-state index contributed by atoms with van der Waals surface area (Å²) in [6.07, 6.45) is 1.20. The quantitative estimate of drug-likeness (QED) is 0.0468. The van der Waals surface area contributed by atoms with Gasteiger partial charge in [0.2, 0.25) is 0 Å². The smallest absolute Gasteiger partial charge is 0.305 e. The molecular formula is C30H51N3O15. The van der Waals surface area contributed by atoms with E-state index < -0.39 is 9.85 Å². The van der Waals surface area contributed by atoms with Crippen LogP contribution in [0.25, 0.3) is 0 Å². The van der Waals surface area contributed by atoms with Crippen molar-refractivity contribution in [2.24, 2.45) is 0 Å². The predicted molar refractivity (Wildman–Crippen MR) is 171 cm³/mol. The molecule has 0 amide bonds. The lowest BCUT2D eigenvalue weighted by Gasteiger charge is -2.09. The van der Waals surface area contributed by atoms with Gasteiger partial charge in [0.1, 0.15) is 12.3 Å². The second kappa shape index (κ2) is 31.2. The van der Waals surface area contributed by atoms with E-state index in [1.54, 1.807) is 0 Å². The molecule has 0 spiro atoms. The molecule has 0 unspecified atom stereocenters. The van der Waals surface area contributed by atoms with E-state index in [-0.39, 0.29) is 42.8 Å². The number of rotatable bonds is 35. The van der Waals surface area contributed by atoms with Gasteiger partial charge in [-0.25, -0.2) is 0 Å². The minimum atomic E-state index is -0.684. The average molecular weight is 694 g/mol. The summed E-state index contributed by atoms with van der Waals surface area (Å²) in [5.41, 5.74) is -0.534. The van der Waals surface area contributed by atoms with Crippen LogP contribution in [0.1, 0.15) is 19.8 Å². The van der Waals surface area contributed by atoms with E-state index in [1.165, 1.54) is 12.1 Å². The molecule has 18 heteroatoms. The molecule has 276 valence electrons. The summed E-state index contributed by atoms with van der Waals surface area (Å²) < 4.78 is 53.7. The third-order valence-electron chi connectivity index (χ3n) is 5.87. The van der Waals surface area contributed by atoms with E-state index in [4.69, 9.17) is 47.4 Å². The number of carbonyl (C=O) groups excluding carboxylic acids is 1. The van der Waals surface area contributed by atoms with Crippen molar-refractivity contribution in [3.05, 3.63) is 38.4 Å². The highest BCUT2D eigenvalue weighted by Gasteiger charge is 2.19. The number of benzene rings is 1. The summed E-state index contributed by atoms with van der Waals surface area (Å²) in [7, 11) is 0. The van der Waals surface area contributed by atoms with Crippen LogP contribution in [-0.4, -0.2) is 148 Å². The van der Waals surface area contributed by atoms with Gasteiger partial charge in [-0.3, -0.25) is 25.0 Å². The zero-order valence-electron chi connectivity index (χ0n) is 27.8. The number of nitro groups is 2. The van der Waals surface area contributed by atoms with Gasteiger partial charge in [-0.1, -0.05) is 6.92 Å². The number of ether oxygens (including phenoxy) is 10. The molecule has 0 fully saturated rings. The molecule has 0 aromatic heterocycles. The molecule has 0 radical (unpaired) electrons. The Morgan fingerprint density at radius 1 is 0.583 bits per heavy atom. The standard InChI is InChI=1S/C30H51N3O15/c1-2-3-30(34)48-25-24-47-23-22-46-21-20-45-19-18-44-17-16-43-15-14-42-13-12-41-11-10-40-9-8-39-7-6-31-28-5-4-27(32(35)36)26-29(28)33(37)38/h4-5,26,31H,2-3,6-25H2,1H3. The number of hydrogen-bond donors (Lipinski definition) is 1. The maximum Gasteiger partial charge on any atom is 0.305 e. The maximum atomic E-state index is 11.2. The van der Waals surface area contributed by atoms with Crippen LogP contribution >= 0.6 is 0 Å². The highest BCUT2D eigenvalue weighted by molar-refractivity contribution is 5.69. The molecule has 0 aliphatic rings. The summed E-state index contributed by atoms with van der Waals surface area (Å²) in [4.78, 5) is 31.8. The molecule has 0 saturated carbocycles. The van der Waals surface area contributed by atoms with Crippen molar-refractivity contribution >= 4 is 23.0 Å². The topological polar surface area (TPSA) is 208 Å². The predicted octanol–water partition coefficient (Wildman–Crippen LogP) is 2.41. The molecule has 1 aromatic rings. The van der Waals surface area contributed by atoms with E-state index >= 15 is 0 Å². The van der Waals surface area contributed by atoms with E-state index in [1.807, 2.05) is 6.92 Å². The molecule has 0 bridgehead atoms. The van der Waals surface area contributed by atoms with Gasteiger partial charge in [0.15, 0.2) is 0 Å². The highest BCUT2D eigenvalue weighted by atomic mass is 16.6. The van der Waals surface area contributed by atoms with Gasteiger partial charge >= 0.3 is 5.97 Å². The van der Waals surface area contributed by atoms with Crippen molar-refractivity contribution in [1.82, 2.24) is 0 Å². The van der Waals surface area contributed by atoms with Crippen molar-refractivity contribution < 1.29 is 62.0 Å². The van der Waals surface area contributed by atoms with Crippen LogP contribution in [0.5, 0.6) is 0 Å². The summed E-state index contributed by atoms with van der Waals surface area (Å²) in [5, 5.41) is 24.8. The van der Waals surface area contributed by atoms with Crippen LogP contribution in [0.15, 0.2) is 18.2 Å². The molecule has 1 aromatic carbocycles. The Balaban J connectivity index is 1.74. The van der Waals surface area contributed by atoms with Gasteiger partial charge in [0, 0.05) is 19.0 Å². The van der Waals surface area contributed by atoms with Gasteiger partial charge < -0.3 is 52.7 Å². The zero-order chi connectivity index (χ0) is 34.9. The minimum absolute atomic E-state index is 0.183. The molecule has 0 atom stereocenters. The Bertz CT molecular complexity index is 973. The van der Waals surface area contributed by atoms with E-state index in [0.29, 0.717) is 119 Å². The minimum Gasteiger partial charge on any atom is -0.463 e. The average Bonchev–Trinajstić information content (AvgIpc) is 3.07. The van der Waals surface area contributed by atoms with Gasteiger partial charge in [-0.15, -0.1) is 0 Å². The van der Waals surface area contributed by atoms with Crippen LogP contribution in [-0.2, 0) is 52.2 Å². The Morgan fingerprint density at radius 3 is 1.31 bits per heavy atom. The third kappa shape index (κ3) is 25.0. The summed E-state index contributed by atoms with van der Waals surface area (Å²) in [6.45, 7) is 10.0. The molecule has 1 N–H and O–H groups in total. The lowest BCUT2D eigenvalue weighted by atomic mass is 10.2. The van der Waals surface area contributed by atoms with Gasteiger partial charge in [-0.2, -0.15) is 0 Å². The number of non-ortho nitro benzene ring substituents is 1. The fourth-order valence-corrected chi connectivity index (χ4v) is 3.54. The van der Waals surface area contributed by atoms with Crippen LogP contribution in [0.3, 0.4) is 0 Å². The molecular weight excluding hydrogens is 642 g/mol. The highest BCUT2D eigenvalue weighted by Crippen LogP contribution is 2.28. The van der Waals surface area contributed by atoms with Crippen LogP contribution in [0.2, 0.25) is 0 Å².